The van der Waals surface area contributed by atoms with E-state index in [1.165, 1.54) is 24.9 Å². The first-order valence-corrected chi connectivity index (χ1v) is 9.23. The Morgan fingerprint density at radius 1 is 0.923 bits per heavy atom. The molecule has 3 aromatic rings. The molecular formula is C20H20ClN5. The molecule has 6 heteroatoms. The van der Waals surface area contributed by atoms with Gasteiger partial charge in [-0.05, 0) is 43.5 Å². The first-order chi connectivity index (χ1) is 12.8. The standard InChI is InChI=1S/C20H20ClN5/c21-18-14-19(25-20(24-18)15-8-10-22-11-9-15)23-16-6-2-3-7-17(16)26-12-4-1-5-13-26/h2-3,6-11,14H,1,4-5,12-13H2,(H,23,24,25). The SMILES string of the molecule is Clc1cc(Nc2ccccc2N2CCCCC2)nc(-c2ccncc2)n1. The molecule has 0 spiro atoms. The van der Waals surface area contributed by atoms with Crippen molar-refractivity contribution in [2.75, 3.05) is 23.3 Å². The van der Waals surface area contributed by atoms with Gasteiger partial charge in [-0.2, -0.15) is 0 Å². The van der Waals surface area contributed by atoms with Crippen molar-refractivity contribution in [2.24, 2.45) is 0 Å². The van der Waals surface area contributed by atoms with E-state index in [0.717, 1.165) is 24.3 Å². The van der Waals surface area contributed by atoms with E-state index >= 15 is 0 Å². The van der Waals surface area contributed by atoms with Crippen molar-refractivity contribution < 1.29 is 0 Å². The molecule has 1 saturated heterocycles. The minimum absolute atomic E-state index is 0.407. The molecule has 0 saturated carbocycles. The van der Waals surface area contributed by atoms with Crippen LogP contribution in [0.1, 0.15) is 19.3 Å². The molecule has 5 nitrogen and oxygen atoms in total. The molecule has 1 aliphatic rings. The lowest BCUT2D eigenvalue weighted by Crippen LogP contribution is -2.29. The van der Waals surface area contributed by atoms with Crippen molar-refractivity contribution in [1.29, 1.82) is 0 Å². The molecule has 0 atom stereocenters. The van der Waals surface area contributed by atoms with Gasteiger partial charge in [0.2, 0.25) is 0 Å². The van der Waals surface area contributed by atoms with E-state index in [1.807, 2.05) is 18.2 Å². The van der Waals surface area contributed by atoms with Crippen LogP contribution in [0.2, 0.25) is 5.15 Å². The molecule has 132 valence electrons. The highest BCUT2D eigenvalue weighted by Gasteiger charge is 2.15. The quantitative estimate of drug-likeness (QED) is 0.664. The summed E-state index contributed by atoms with van der Waals surface area (Å²) in [5.41, 5.74) is 3.12. The fourth-order valence-corrected chi connectivity index (χ4v) is 3.42. The van der Waals surface area contributed by atoms with Crippen LogP contribution in [0.15, 0.2) is 54.9 Å². The molecule has 0 aliphatic carbocycles. The zero-order valence-corrected chi connectivity index (χ0v) is 15.2. The van der Waals surface area contributed by atoms with Crippen molar-refractivity contribution in [2.45, 2.75) is 19.3 Å². The molecule has 0 bridgehead atoms. The van der Waals surface area contributed by atoms with Crippen LogP contribution in [0.3, 0.4) is 0 Å². The summed E-state index contributed by atoms with van der Waals surface area (Å²) in [6, 6.07) is 13.8. The number of hydrogen-bond donors (Lipinski definition) is 1. The molecule has 1 aliphatic heterocycles. The number of piperidine rings is 1. The summed E-state index contributed by atoms with van der Waals surface area (Å²) < 4.78 is 0. The molecule has 0 unspecified atom stereocenters. The maximum absolute atomic E-state index is 6.24. The number of halogens is 1. The molecule has 2 aromatic heterocycles. The van der Waals surface area contributed by atoms with Gasteiger partial charge in [0.15, 0.2) is 5.82 Å². The summed E-state index contributed by atoms with van der Waals surface area (Å²) >= 11 is 6.24. The molecule has 1 fully saturated rings. The number of pyridine rings is 1. The van der Waals surface area contributed by atoms with E-state index in [9.17, 15) is 0 Å². The van der Waals surface area contributed by atoms with Gasteiger partial charge in [-0.3, -0.25) is 4.98 Å². The molecule has 0 amide bonds. The van der Waals surface area contributed by atoms with Crippen LogP contribution in [0, 0.1) is 0 Å². The predicted octanol–water partition coefficient (Wildman–Crippen LogP) is 4.93. The molecule has 0 radical (unpaired) electrons. The van der Waals surface area contributed by atoms with Gasteiger partial charge in [0, 0.05) is 37.1 Å². The highest BCUT2D eigenvalue weighted by atomic mass is 35.5. The fourth-order valence-electron chi connectivity index (χ4n) is 3.24. The number of anilines is 3. The third kappa shape index (κ3) is 3.78. The van der Waals surface area contributed by atoms with Crippen LogP contribution in [-0.2, 0) is 0 Å². The third-order valence-electron chi connectivity index (χ3n) is 4.50. The summed E-state index contributed by atoms with van der Waals surface area (Å²) in [6.07, 6.45) is 7.22. The van der Waals surface area contributed by atoms with E-state index in [-0.39, 0.29) is 0 Å². The van der Waals surface area contributed by atoms with Crippen molar-refractivity contribution in [1.82, 2.24) is 15.0 Å². The maximum atomic E-state index is 6.24. The van der Waals surface area contributed by atoms with Crippen LogP contribution < -0.4 is 10.2 Å². The highest BCUT2D eigenvalue weighted by Crippen LogP contribution is 2.31. The fraction of sp³-hybridized carbons (Fsp3) is 0.250. The first-order valence-electron chi connectivity index (χ1n) is 8.85. The average Bonchev–Trinajstić information content (AvgIpc) is 2.69. The van der Waals surface area contributed by atoms with Crippen LogP contribution in [0.5, 0.6) is 0 Å². The Morgan fingerprint density at radius 2 is 1.69 bits per heavy atom. The third-order valence-corrected chi connectivity index (χ3v) is 4.69. The lowest BCUT2D eigenvalue weighted by molar-refractivity contribution is 0.578. The number of para-hydroxylation sites is 2. The summed E-state index contributed by atoms with van der Waals surface area (Å²) in [5.74, 6) is 1.26. The van der Waals surface area contributed by atoms with Crippen LogP contribution in [-0.4, -0.2) is 28.0 Å². The first kappa shape index (κ1) is 16.8. The second kappa shape index (κ2) is 7.70. The Hall–Kier alpha value is -2.66. The Balaban J connectivity index is 1.65. The maximum Gasteiger partial charge on any atom is 0.163 e. The Labute approximate surface area is 158 Å². The monoisotopic (exact) mass is 365 g/mol. The van der Waals surface area contributed by atoms with Crippen LogP contribution >= 0.6 is 11.6 Å². The number of nitrogens with one attached hydrogen (secondary N) is 1. The van der Waals surface area contributed by atoms with Crippen LogP contribution in [0.25, 0.3) is 11.4 Å². The Bertz CT molecular complexity index is 878. The van der Waals surface area contributed by atoms with Gasteiger partial charge in [-0.1, -0.05) is 23.7 Å². The number of aromatic nitrogens is 3. The number of nitrogens with zero attached hydrogens (tertiary/aromatic N) is 4. The smallest absolute Gasteiger partial charge is 0.163 e. The normalized spacial score (nSPS) is 14.3. The molecule has 26 heavy (non-hydrogen) atoms. The number of benzene rings is 1. The van der Waals surface area contributed by atoms with Gasteiger partial charge in [0.05, 0.1) is 11.4 Å². The van der Waals surface area contributed by atoms with E-state index < -0.39 is 0 Å². The Kier molecular flexibility index (Phi) is 4.97. The lowest BCUT2D eigenvalue weighted by Gasteiger charge is -2.30. The van der Waals surface area contributed by atoms with Crippen molar-refractivity contribution >= 4 is 28.8 Å². The zero-order valence-electron chi connectivity index (χ0n) is 14.4. The summed E-state index contributed by atoms with van der Waals surface area (Å²) in [6.45, 7) is 2.18. The van der Waals surface area contributed by atoms with Gasteiger partial charge in [-0.15, -0.1) is 0 Å². The number of rotatable bonds is 4. The minimum Gasteiger partial charge on any atom is -0.370 e. The topological polar surface area (TPSA) is 53.9 Å². The van der Waals surface area contributed by atoms with Gasteiger partial charge in [-0.25, -0.2) is 9.97 Å². The van der Waals surface area contributed by atoms with Crippen molar-refractivity contribution in [3.8, 4) is 11.4 Å². The summed E-state index contributed by atoms with van der Waals surface area (Å²) in [5, 5.41) is 3.84. The predicted molar refractivity (Wildman–Crippen MR) is 106 cm³/mol. The molecular weight excluding hydrogens is 346 g/mol. The summed E-state index contributed by atoms with van der Waals surface area (Å²) in [4.78, 5) is 15.4. The zero-order chi connectivity index (χ0) is 17.8. The molecule has 3 heterocycles. The van der Waals surface area contributed by atoms with Gasteiger partial charge in [0.25, 0.3) is 0 Å². The largest absolute Gasteiger partial charge is 0.370 e. The van der Waals surface area contributed by atoms with Crippen molar-refractivity contribution in [3.05, 3.63) is 60.0 Å². The van der Waals surface area contributed by atoms with Crippen LogP contribution in [0.4, 0.5) is 17.2 Å². The van der Waals surface area contributed by atoms with E-state index in [1.54, 1.807) is 18.5 Å². The number of hydrogen-bond acceptors (Lipinski definition) is 5. The average molecular weight is 366 g/mol. The van der Waals surface area contributed by atoms with E-state index in [0.29, 0.717) is 16.8 Å². The highest BCUT2D eigenvalue weighted by molar-refractivity contribution is 6.29. The second-order valence-electron chi connectivity index (χ2n) is 6.33. The molecule has 4 rings (SSSR count). The Morgan fingerprint density at radius 3 is 2.50 bits per heavy atom. The molecule has 1 aromatic carbocycles. The van der Waals surface area contributed by atoms with Gasteiger partial charge >= 0.3 is 0 Å². The second-order valence-corrected chi connectivity index (χ2v) is 6.71. The van der Waals surface area contributed by atoms with Crippen molar-refractivity contribution in [3.63, 3.8) is 0 Å². The minimum atomic E-state index is 0.407. The summed E-state index contributed by atoms with van der Waals surface area (Å²) in [7, 11) is 0. The van der Waals surface area contributed by atoms with Gasteiger partial charge < -0.3 is 10.2 Å². The lowest BCUT2D eigenvalue weighted by atomic mass is 10.1. The molecule has 1 N–H and O–H groups in total. The van der Waals surface area contributed by atoms with E-state index in [2.05, 4.69) is 43.4 Å². The van der Waals surface area contributed by atoms with Gasteiger partial charge in [0.1, 0.15) is 11.0 Å². The van der Waals surface area contributed by atoms with E-state index in [4.69, 9.17) is 11.6 Å².